The quantitative estimate of drug-likeness (QED) is 0.641. The highest BCUT2D eigenvalue weighted by atomic mass is 32.2. The van der Waals surface area contributed by atoms with Crippen LogP contribution in [-0.2, 0) is 14.3 Å². The molecule has 0 aliphatic heterocycles. The van der Waals surface area contributed by atoms with Gasteiger partial charge in [-0.25, -0.2) is 0 Å². The van der Waals surface area contributed by atoms with Crippen molar-refractivity contribution in [3.63, 3.8) is 0 Å². The molecule has 0 unspecified atom stereocenters. The zero-order valence-electron chi connectivity index (χ0n) is 7.49. The van der Waals surface area contributed by atoms with Crippen LogP contribution in [0.2, 0.25) is 0 Å². The Balaban J connectivity index is 3.03. The van der Waals surface area contributed by atoms with Crippen LogP contribution in [-0.4, -0.2) is 24.4 Å². The second-order valence-corrected chi connectivity index (χ2v) is 3.17. The third kappa shape index (κ3) is 2.01. The maximum absolute atomic E-state index is 11.3. The van der Waals surface area contributed by atoms with Gasteiger partial charge in [0.2, 0.25) is 5.78 Å². The van der Waals surface area contributed by atoms with Crippen LogP contribution in [0.5, 0.6) is 0 Å². The van der Waals surface area contributed by atoms with Gasteiger partial charge in [0.15, 0.2) is 11.5 Å². The summed E-state index contributed by atoms with van der Waals surface area (Å²) in [5.74, 6) is -0.205. The van der Waals surface area contributed by atoms with E-state index in [-0.39, 0.29) is 17.3 Å². The molecule has 1 aliphatic rings. The Morgan fingerprint density at radius 2 is 1.92 bits per heavy atom. The first-order chi connectivity index (χ1) is 6.20. The van der Waals surface area contributed by atoms with Crippen molar-refractivity contribution in [2.75, 3.05) is 12.9 Å². The van der Waals surface area contributed by atoms with Crippen molar-refractivity contribution in [1.82, 2.24) is 0 Å². The lowest BCUT2D eigenvalue weighted by Gasteiger charge is -2.12. The van der Waals surface area contributed by atoms with E-state index in [4.69, 9.17) is 4.74 Å². The molecule has 1 aliphatic carbocycles. The van der Waals surface area contributed by atoms with Crippen LogP contribution in [0.1, 0.15) is 6.92 Å². The SMILES string of the molecule is CCOC1=C(SC)C(=O)C=CC1=O. The van der Waals surface area contributed by atoms with Gasteiger partial charge in [0, 0.05) is 0 Å². The first-order valence-electron chi connectivity index (χ1n) is 3.88. The van der Waals surface area contributed by atoms with Crippen LogP contribution in [0, 0.1) is 0 Å². The van der Waals surface area contributed by atoms with Gasteiger partial charge in [-0.15, -0.1) is 11.8 Å². The number of rotatable bonds is 3. The van der Waals surface area contributed by atoms with Crippen LogP contribution >= 0.6 is 11.8 Å². The Morgan fingerprint density at radius 1 is 1.31 bits per heavy atom. The Bertz CT molecular complexity index is 302. The summed E-state index contributed by atoms with van der Waals surface area (Å²) < 4.78 is 5.11. The summed E-state index contributed by atoms with van der Waals surface area (Å²) in [5.41, 5.74) is 0. The Labute approximate surface area is 80.8 Å². The van der Waals surface area contributed by atoms with Crippen LogP contribution in [0.25, 0.3) is 0 Å². The summed E-state index contributed by atoms with van der Waals surface area (Å²) in [6.07, 6.45) is 4.27. The Hall–Kier alpha value is -1.03. The van der Waals surface area contributed by atoms with Crippen LogP contribution in [0.15, 0.2) is 22.8 Å². The second kappa shape index (κ2) is 4.28. The lowest BCUT2D eigenvalue weighted by Crippen LogP contribution is -2.14. The Kier molecular flexibility index (Phi) is 3.31. The van der Waals surface area contributed by atoms with Crippen molar-refractivity contribution in [3.8, 4) is 0 Å². The zero-order chi connectivity index (χ0) is 9.84. The van der Waals surface area contributed by atoms with Gasteiger partial charge in [-0.05, 0) is 25.3 Å². The average molecular weight is 198 g/mol. The number of carbonyl (C=O) groups is 2. The normalized spacial score (nSPS) is 16.8. The van der Waals surface area contributed by atoms with Crippen molar-refractivity contribution in [3.05, 3.63) is 22.8 Å². The molecule has 0 bridgehead atoms. The minimum Gasteiger partial charge on any atom is -0.489 e. The highest BCUT2D eigenvalue weighted by Crippen LogP contribution is 2.23. The summed E-state index contributed by atoms with van der Waals surface area (Å²) in [6.45, 7) is 2.17. The van der Waals surface area contributed by atoms with E-state index in [2.05, 4.69) is 0 Å². The topological polar surface area (TPSA) is 43.4 Å². The third-order valence-electron chi connectivity index (χ3n) is 1.53. The lowest BCUT2D eigenvalue weighted by atomic mass is 10.1. The molecule has 4 heteroatoms. The molecule has 3 nitrogen and oxygen atoms in total. The van der Waals surface area contributed by atoms with E-state index in [1.807, 2.05) is 0 Å². The number of hydrogen-bond acceptors (Lipinski definition) is 4. The molecule has 1 rings (SSSR count). The molecule has 0 aromatic rings. The van der Waals surface area contributed by atoms with Crippen LogP contribution in [0.3, 0.4) is 0 Å². The molecular formula is C9H10O3S. The molecule has 0 N–H and O–H groups in total. The maximum Gasteiger partial charge on any atom is 0.221 e. The van der Waals surface area contributed by atoms with Gasteiger partial charge in [0.1, 0.15) is 4.91 Å². The number of ether oxygens (including phenoxy) is 1. The van der Waals surface area contributed by atoms with E-state index >= 15 is 0 Å². The van der Waals surface area contributed by atoms with E-state index in [0.717, 1.165) is 0 Å². The van der Waals surface area contributed by atoms with Crippen molar-refractivity contribution in [2.24, 2.45) is 0 Å². The van der Waals surface area contributed by atoms with Gasteiger partial charge < -0.3 is 4.74 Å². The fourth-order valence-corrected chi connectivity index (χ4v) is 1.61. The minimum absolute atomic E-state index is 0.157. The van der Waals surface area contributed by atoms with Crippen molar-refractivity contribution in [2.45, 2.75) is 6.92 Å². The molecule has 0 atom stereocenters. The van der Waals surface area contributed by atoms with Gasteiger partial charge >= 0.3 is 0 Å². The Morgan fingerprint density at radius 3 is 2.46 bits per heavy atom. The lowest BCUT2D eigenvalue weighted by molar-refractivity contribution is -0.117. The first-order valence-corrected chi connectivity index (χ1v) is 5.11. The number of ketones is 2. The van der Waals surface area contributed by atoms with E-state index in [0.29, 0.717) is 11.5 Å². The van der Waals surface area contributed by atoms with E-state index in [1.165, 1.54) is 23.9 Å². The fourth-order valence-electron chi connectivity index (χ4n) is 1.00. The standard InChI is InChI=1S/C9H10O3S/c1-3-12-8-6(10)4-5-7(11)9(8)13-2/h4-5H,3H2,1-2H3. The summed E-state index contributed by atoms with van der Waals surface area (Å²) in [5, 5.41) is 0. The molecule has 13 heavy (non-hydrogen) atoms. The van der Waals surface area contributed by atoms with Crippen molar-refractivity contribution >= 4 is 23.3 Å². The number of carbonyl (C=O) groups excluding carboxylic acids is 2. The largest absolute Gasteiger partial charge is 0.489 e. The van der Waals surface area contributed by atoms with E-state index < -0.39 is 0 Å². The molecule has 0 aromatic heterocycles. The monoisotopic (exact) mass is 198 g/mol. The fraction of sp³-hybridized carbons (Fsp3) is 0.333. The van der Waals surface area contributed by atoms with Gasteiger partial charge in [0.05, 0.1) is 6.61 Å². The summed E-state index contributed by atoms with van der Waals surface area (Å²) in [7, 11) is 0. The van der Waals surface area contributed by atoms with E-state index in [9.17, 15) is 9.59 Å². The third-order valence-corrected chi connectivity index (χ3v) is 2.33. The molecule has 0 radical (unpaired) electrons. The maximum atomic E-state index is 11.3. The summed E-state index contributed by atoms with van der Waals surface area (Å²) in [4.78, 5) is 22.9. The molecule has 0 spiro atoms. The zero-order valence-corrected chi connectivity index (χ0v) is 8.31. The number of hydrogen-bond donors (Lipinski definition) is 0. The average Bonchev–Trinajstić information content (AvgIpc) is 2.12. The predicted molar refractivity (Wildman–Crippen MR) is 51.3 cm³/mol. The summed E-state index contributed by atoms with van der Waals surface area (Å²) in [6, 6.07) is 0. The van der Waals surface area contributed by atoms with Crippen LogP contribution in [0.4, 0.5) is 0 Å². The number of thioether (sulfide) groups is 1. The second-order valence-electron chi connectivity index (χ2n) is 2.36. The summed E-state index contributed by atoms with van der Waals surface area (Å²) >= 11 is 1.24. The van der Waals surface area contributed by atoms with Gasteiger partial charge in [-0.1, -0.05) is 0 Å². The minimum atomic E-state index is -0.231. The molecule has 0 fully saturated rings. The van der Waals surface area contributed by atoms with Crippen LogP contribution < -0.4 is 0 Å². The van der Waals surface area contributed by atoms with Gasteiger partial charge in [-0.3, -0.25) is 9.59 Å². The molecule has 0 heterocycles. The molecule has 0 saturated carbocycles. The highest BCUT2D eigenvalue weighted by molar-refractivity contribution is 8.03. The molecule has 0 amide bonds. The van der Waals surface area contributed by atoms with Gasteiger partial charge in [0.25, 0.3) is 0 Å². The van der Waals surface area contributed by atoms with Gasteiger partial charge in [-0.2, -0.15) is 0 Å². The van der Waals surface area contributed by atoms with Crippen molar-refractivity contribution < 1.29 is 14.3 Å². The van der Waals surface area contributed by atoms with Crippen molar-refractivity contribution in [1.29, 1.82) is 0 Å². The smallest absolute Gasteiger partial charge is 0.221 e. The number of allylic oxidation sites excluding steroid dienone is 3. The predicted octanol–water partition coefficient (Wildman–Crippen LogP) is 1.31. The first kappa shape index (κ1) is 10.1. The molecule has 0 aromatic carbocycles. The van der Waals surface area contributed by atoms with E-state index in [1.54, 1.807) is 13.2 Å². The molecular weight excluding hydrogens is 188 g/mol. The highest BCUT2D eigenvalue weighted by Gasteiger charge is 2.23. The molecule has 0 saturated heterocycles. The molecule has 70 valence electrons.